The molecule has 0 saturated heterocycles. The zero-order valence-electron chi connectivity index (χ0n) is 14.3. The number of nitrogens with one attached hydrogen (secondary N) is 1. The molecule has 0 atom stereocenters. The zero-order chi connectivity index (χ0) is 18.7. The molecule has 1 aliphatic rings. The molecule has 1 aromatic carbocycles. The van der Waals surface area contributed by atoms with E-state index in [9.17, 15) is 13.2 Å². The molecule has 3 rings (SSSR count). The Hall–Kier alpha value is -2.50. The van der Waals surface area contributed by atoms with Crippen LogP contribution in [0.5, 0.6) is 5.75 Å². The summed E-state index contributed by atoms with van der Waals surface area (Å²) in [5, 5.41) is 3.77. The van der Waals surface area contributed by atoms with Crippen molar-refractivity contribution in [3.8, 4) is 5.75 Å². The van der Waals surface area contributed by atoms with Crippen LogP contribution < -0.4 is 14.4 Å². The Balaban J connectivity index is 1.91. The van der Waals surface area contributed by atoms with Gasteiger partial charge >= 0.3 is 0 Å². The summed E-state index contributed by atoms with van der Waals surface area (Å²) in [4.78, 5) is 17.7. The van der Waals surface area contributed by atoms with E-state index >= 15 is 0 Å². The quantitative estimate of drug-likeness (QED) is 0.675. The molecule has 1 N–H and O–H groups in total. The van der Waals surface area contributed by atoms with Crippen LogP contribution in [0.2, 0.25) is 0 Å². The number of ether oxygens (including phenoxy) is 2. The van der Waals surface area contributed by atoms with Gasteiger partial charge in [0, 0.05) is 20.6 Å². The molecule has 0 bridgehead atoms. The number of benzene rings is 1. The van der Waals surface area contributed by atoms with Crippen molar-refractivity contribution in [2.75, 3.05) is 31.8 Å². The van der Waals surface area contributed by atoms with Crippen LogP contribution >= 0.6 is 0 Å². The fourth-order valence-electron chi connectivity index (χ4n) is 2.43. The van der Waals surface area contributed by atoms with Crippen LogP contribution in [-0.2, 0) is 26.1 Å². The second kappa shape index (κ2) is 7.40. The van der Waals surface area contributed by atoms with E-state index in [0.29, 0.717) is 23.2 Å². The maximum absolute atomic E-state index is 12.4. The van der Waals surface area contributed by atoms with E-state index in [1.54, 1.807) is 6.92 Å². The van der Waals surface area contributed by atoms with Gasteiger partial charge in [0.25, 0.3) is 5.91 Å². The van der Waals surface area contributed by atoms with Crippen LogP contribution in [-0.4, -0.2) is 51.3 Å². The number of carbonyl (C=O) groups is 1. The molecule has 0 fully saturated rings. The summed E-state index contributed by atoms with van der Waals surface area (Å²) in [6, 6.07) is 4.32. The lowest BCUT2D eigenvalue weighted by Gasteiger charge is -2.28. The zero-order valence-corrected chi connectivity index (χ0v) is 15.1. The number of methoxy groups -OCH3 is 1. The highest BCUT2D eigenvalue weighted by Gasteiger charge is 2.29. The molecule has 26 heavy (non-hydrogen) atoms. The third kappa shape index (κ3) is 3.84. The third-order valence-corrected chi connectivity index (χ3v) is 5.11. The largest absolute Gasteiger partial charge is 0.482 e. The van der Waals surface area contributed by atoms with Crippen molar-refractivity contribution in [3.05, 3.63) is 29.9 Å². The van der Waals surface area contributed by atoms with E-state index in [-0.39, 0.29) is 37.1 Å². The Kier molecular flexibility index (Phi) is 5.20. The SMILES string of the molecule is COCCNS(=O)(=O)c1ccc2c(c1)N(Cc1noc(C)n1)C(=O)CO2. The van der Waals surface area contributed by atoms with Gasteiger partial charge in [-0.25, -0.2) is 13.1 Å². The Morgan fingerprint density at radius 2 is 2.19 bits per heavy atom. The molecule has 10 nitrogen and oxygen atoms in total. The molecule has 2 aromatic rings. The number of aryl methyl sites for hydroxylation is 1. The summed E-state index contributed by atoms with van der Waals surface area (Å²) in [5.41, 5.74) is 0.332. The summed E-state index contributed by atoms with van der Waals surface area (Å²) in [6.07, 6.45) is 0. The second-order valence-electron chi connectivity index (χ2n) is 5.52. The summed E-state index contributed by atoms with van der Waals surface area (Å²) in [5.74, 6) is 0.761. The van der Waals surface area contributed by atoms with Gasteiger partial charge < -0.3 is 14.0 Å². The summed E-state index contributed by atoms with van der Waals surface area (Å²) in [6.45, 7) is 1.92. The van der Waals surface area contributed by atoms with E-state index in [1.807, 2.05) is 0 Å². The topological polar surface area (TPSA) is 124 Å². The molecule has 0 radical (unpaired) electrons. The number of aromatic nitrogens is 2. The first kappa shape index (κ1) is 18.3. The van der Waals surface area contributed by atoms with E-state index in [4.69, 9.17) is 14.0 Å². The van der Waals surface area contributed by atoms with Gasteiger partial charge in [-0.3, -0.25) is 9.69 Å². The molecule has 0 unspecified atom stereocenters. The first-order valence-corrected chi connectivity index (χ1v) is 9.24. The lowest BCUT2D eigenvalue weighted by Crippen LogP contribution is -2.38. The predicted octanol–water partition coefficient (Wildman–Crippen LogP) is 0.228. The van der Waals surface area contributed by atoms with Crippen molar-refractivity contribution in [1.29, 1.82) is 0 Å². The molecule has 140 valence electrons. The lowest BCUT2D eigenvalue weighted by molar-refractivity contribution is -0.121. The Bertz CT molecular complexity index is 911. The minimum absolute atomic E-state index is 0.0138. The highest BCUT2D eigenvalue weighted by atomic mass is 32.2. The molecule has 0 aliphatic carbocycles. The first-order valence-electron chi connectivity index (χ1n) is 7.76. The maximum atomic E-state index is 12.4. The lowest BCUT2D eigenvalue weighted by atomic mass is 10.2. The van der Waals surface area contributed by atoms with E-state index in [0.717, 1.165) is 0 Å². The standard InChI is InChI=1S/C15H18N4O6S/c1-10-17-14(18-25-10)8-19-12-7-11(26(21,22)16-5-6-23-2)3-4-13(12)24-9-15(19)20/h3-4,7,16H,5-6,8-9H2,1-2H3. The van der Waals surface area contributed by atoms with Gasteiger partial charge in [-0.2, -0.15) is 4.98 Å². The van der Waals surface area contributed by atoms with Gasteiger partial charge in [0.2, 0.25) is 15.9 Å². The minimum atomic E-state index is -3.75. The predicted molar refractivity (Wildman–Crippen MR) is 89.2 cm³/mol. The maximum Gasteiger partial charge on any atom is 0.265 e. The summed E-state index contributed by atoms with van der Waals surface area (Å²) in [7, 11) is -2.27. The molecule has 0 spiro atoms. The van der Waals surface area contributed by atoms with Crippen LogP contribution in [0, 0.1) is 6.92 Å². The number of rotatable bonds is 7. The van der Waals surface area contributed by atoms with Crippen molar-refractivity contribution < 1.29 is 27.2 Å². The Morgan fingerprint density at radius 1 is 1.38 bits per heavy atom. The molecule has 0 saturated carbocycles. The highest BCUT2D eigenvalue weighted by molar-refractivity contribution is 7.89. The monoisotopic (exact) mass is 382 g/mol. The smallest absolute Gasteiger partial charge is 0.265 e. The van der Waals surface area contributed by atoms with Crippen molar-refractivity contribution in [2.24, 2.45) is 0 Å². The van der Waals surface area contributed by atoms with E-state index in [1.165, 1.54) is 30.2 Å². The normalized spacial score (nSPS) is 14.2. The Morgan fingerprint density at radius 3 is 2.88 bits per heavy atom. The molecule has 1 aromatic heterocycles. The van der Waals surface area contributed by atoms with Gasteiger partial charge in [0.05, 0.1) is 23.7 Å². The van der Waals surface area contributed by atoms with Crippen LogP contribution in [0.1, 0.15) is 11.7 Å². The van der Waals surface area contributed by atoms with Crippen molar-refractivity contribution in [2.45, 2.75) is 18.4 Å². The summed E-state index contributed by atoms with van der Waals surface area (Å²) < 4.78 is 42.3. The van der Waals surface area contributed by atoms with Crippen molar-refractivity contribution in [1.82, 2.24) is 14.9 Å². The fourth-order valence-corrected chi connectivity index (χ4v) is 3.46. The number of amides is 1. The van der Waals surface area contributed by atoms with Crippen LogP contribution in [0.3, 0.4) is 0 Å². The average molecular weight is 382 g/mol. The number of anilines is 1. The fraction of sp³-hybridized carbons (Fsp3) is 0.400. The van der Waals surface area contributed by atoms with Gasteiger partial charge in [-0.1, -0.05) is 5.16 Å². The minimum Gasteiger partial charge on any atom is -0.482 e. The number of sulfonamides is 1. The molecule has 1 aliphatic heterocycles. The molecule has 2 heterocycles. The third-order valence-electron chi connectivity index (χ3n) is 3.65. The number of hydrogen-bond acceptors (Lipinski definition) is 8. The summed E-state index contributed by atoms with van der Waals surface area (Å²) >= 11 is 0. The van der Waals surface area contributed by atoms with E-state index in [2.05, 4.69) is 14.9 Å². The van der Waals surface area contributed by atoms with E-state index < -0.39 is 10.0 Å². The van der Waals surface area contributed by atoms with Crippen LogP contribution in [0.4, 0.5) is 5.69 Å². The molecule has 11 heteroatoms. The highest BCUT2D eigenvalue weighted by Crippen LogP contribution is 2.34. The molecular weight excluding hydrogens is 364 g/mol. The molecular formula is C15H18N4O6S. The number of carbonyl (C=O) groups excluding carboxylic acids is 1. The van der Waals surface area contributed by atoms with Crippen LogP contribution in [0.25, 0.3) is 0 Å². The molecule has 1 amide bonds. The average Bonchev–Trinajstić information content (AvgIpc) is 3.02. The van der Waals surface area contributed by atoms with Crippen LogP contribution in [0.15, 0.2) is 27.6 Å². The van der Waals surface area contributed by atoms with Crippen molar-refractivity contribution in [3.63, 3.8) is 0 Å². The van der Waals surface area contributed by atoms with Gasteiger partial charge in [0.15, 0.2) is 12.4 Å². The first-order chi connectivity index (χ1) is 12.4. The van der Waals surface area contributed by atoms with Gasteiger partial charge in [0.1, 0.15) is 5.75 Å². The second-order valence-corrected chi connectivity index (χ2v) is 7.29. The van der Waals surface area contributed by atoms with Crippen molar-refractivity contribution >= 4 is 21.6 Å². The van der Waals surface area contributed by atoms with Gasteiger partial charge in [-0.15, -0.1) is 0 Å². The number of nitrogens with zero attached hydrogens (tertiary/aromatic N) is 3. The number of hydrogen-bond donors (Lipinski definition) is 1. The van der Waals surface area contributed by atoms with Gasteiger partial charge in [-0.05, 0) is 18.2 Å². The number of fused-ring (bicyclic) bond motifs is 1. The Labute approximate surface area is 150 Å².